The van der Waals surface area contributed by atoms with Crippen LogP contribution in [0, 0.1) is 5.82 Å². The third kappa shape index (κ3) is 3.40. The monoisotopic (exact) mass is 311 g/mol. The Morgan fingerprint density at radius 1 is 1.39 bits per heavy atom. The number of hydrogen-bond acceptors (Lipinski definition) is 2. The Balaban J connectivity index is 1.80. The summed E-state index contributed by atoms with van der Waals surface area (Å²) in [6.45, 7) is 1.34. The standard InChI is InChI=1S/C13H15BrFN3/c1-18-12(5-7-17-18)4-6-16-9-10-2-3-11(14)8-13(10)15/h2-3,5,7-8,16H,4,6,9H2,1H3. The van der Waals surface area contributed by atoms with Crippen LogP contribution in [0.15, 0.2) is 34.9 Å². The van der Waals surface area contributed by atoms with Crippen molar-refractivity contribution >= 4 is 15.9 Å². The molecule has 3 nitrogen and oxygen atoms in total. The SMILES string of the molecule is Cn1nccc1CCNCc1ccc(Br)cc1F. The van der Waals surface area contributed by atoms with E-state index in [1.54, 1.807) is 12.3 Å². The molecule has 0 saturated heterocycles. The van der Waals surface area contributed by atoms with Gasteiger partial charge in [0.15, 0.2) is 0 Å². The molecule has 1 heterocycles. The maximum Gasteiger partial charge on any atom is 0.128 e. The quantitative estimate of drug-likeness (QED) is 0.860. The highest BCUT2D eigenvalue weighted by molar-refractivity contribution is 9.10. The fourth-order valence-corrected chi connectivity index (χ4v) is 2.08. The fourth-order valence-electron chi connectivity index (χ4n) is 1.75. The van der Waals surface area contributed by atoms with Crippen LogP contribution in [0.3, 0.4) is 0 Å². The highest BCUT2D eigenvalue weighted by Gasteiger charge is 2.02. The van der Waals surface area contributed by atoms with Crippen molar-refractivity contribution in [1.82, 2.24) is 15.1 Å². The number of benzene rings is 1. The van der Waals surface area contributed by atoms with Gasteiger partial charge in [0.05, 0.1) is 0 Å². The average molecular weight is 312 g/mol. The largest absolute Gasteiger partial charge is 0.312 e. The molecule has 1 aromatic heterocycles. The summed E-state index contributed by atoms with van der Waals surface area (Å²) in [7, 11) is 1.92. The summed E-state index contributed by atoms with van der Waals surface area (Å²) in [5, 5.41) is 7.33. The normalized spacial score (nSPS) is 10.8. The summed E-state index contributed by atoms with van der Waals surface area (Å²) >= 11 is 3.24. The number of aromatic nitrogens is 2. The van der Waals surface area contributed by atoms with Crippen molar-refractivity contribution in [1.29, 1.82) is 0 Å². The van der Waals surface area contributed by atoms with Crippen molar-refractivity contribution in [3.63, 3.8) is 0 Å². The first-order chi connectivity index (χ1) is 8.66. The second-order valence-electron chi connectivity index (χ2n) is 4.11. The van der Waals surface area contributed by atoms with Gasteiger partial charge in [0.2, 0.25) is 0 Å². The Morgan fingerprint density at radius 2 is 2.22 bits per heavy atom. The molecule has 5 heteroatoms. The first-order valence-corrected chi connectivity index (χ1v) is 6.57. The fraction of sp³-hybridized carbons (Fsp3) is 0.308. The number of hydrogen-bond donors (Lipinski definition) is 1. The van der Waals surface area contributed by atoms with Crippen molar-refractivity contribution in [2.75, 3.05) is 6.54 Å². The molecule has 96 valence electrons. The van der Waals surface area contributed by atoms with Crippen LogP contribution in [-0.2, 0) is 20.0 Å². The molecule has 2 aromatic rings. The van der Waals surface area contributed by atoms with Gasteiger partial charge in [0.1, 0.15) is 5.82 Å². The van der Waals surface area contributed by atoms with E-state index in [1.807, 2.05) is 23.9 Å². The van der Waals surface area contributed by atoms with E-state index in [0.717, 1.165) is 17.4 Å². The molecular formula is C13H15BrFN3. The van der Waals surface area contributed by atoms with E-state index in [9.17, 15) is 4.39 Å². The molecule has 0 aliphatic rings. The van der Waals surface area contributed by atoms with E-state index in [0.29, 0.717) is 12.1 Å². The Kier molecular flexibility index (Phi) is 4.49. The molecule has 1 aromatic carbocycles. The molecule has 18 heavy (non-hydrogen) atoms. The van der Waals surface area contributed by atoms with Crippen LogP contribution in [0.25, 0.3) is 0 Å². The van der Waals surface area contributed by atoms with Crippen LogP contribution in [0.1, 0.15) is 11.3 Å². The summed E-state index contributed by atoms with van der Waals surface area (Å²) in [5.41, 5.74) is 1.85. The number of rotatable bonds is 5. The summed E-state index contributed by atoms with van der Waals surface area (Å²) < 4.78 is 16.1. The second kappa shape index (κ2) is 6.11. The number of halogens is 2. The van der Waals surface area contributed by atoms with Gasteiger partial charge in [-0.1, -0.05) is 22.0 Å². The van der Waals surface area contributed by atoms with Gasteiger partial charge in [-0.05, 0) is 18.2 Å². The Morgan fingerprint density at radius 3 is 2.89 bits per heavy atom. The summed E-state index contributed by atoms with van der Waals surface area (Å²) in [5.74, 6) is -0.183. The van der Waals surface area contributed by atoms with Crippen LogP contribution < -0.4 is 5.32 Å². The molecule has 0 unspecified atom stereocenters. The van der Waals surface area contributed by atoms with Crippen molar-refractivity contribution in [2.24, 2.45) is 7.05 Å². The van der Waals surface area contributed by atoms with Gasteiger partial charge in [-0.3, -0.25) is 4.68 Å². The average Bonchev–Trinajstić information content (AvgIpc) is 2.73. The molecule has 0 saturated carbocycles. The van der Waals surface area contributed by atoms with Crippen molar-refractivity contribution < 1.29 is 4.39 Å². The minimum absolute atomic E-state index is 0.183. The number of nitrogens with zero attached hydrogens (tertiary/aromatic N) is 2. The highest BCUT2D eigenvalue weighted by Crippen LogP contribution is 2.14. The highest BCUT2D eigenvalue weighted by atomic mass is 79.9. The van der Waals surface area contributed by atoms with Gasteiger partial charge in [-0.2, -0.15) is 5.10 Å². The van der Waals surface area contributed by atoms with Gasteiger partial charge >= 0.3 is 0 Å². The van der Waals surface area contributed by atoms with Gasteiger partial charge < -0.3 is 5.32 Å². The summed E-state index contributed by atoms with van der Waals surface area (Å²) in [4.78, 5) is 0. The zero-order chi connectivity index (χ0) is 13.0. The molecule has 0 bridgehead atoms. The maximum absolute atomic E-state index is 13.5. The van der Waals surface area contributed by atoms with Crippen molar-refractivity contribution in [3.8, 4) is 0 Å². The first-order valence-electron chi connectivity index (χ1n) is 5.78. The molecular weight excluding hydrogens is 297 g/mol. The third-order valence-corrected chi connectivity index (χ3v) is 3.30. The van der Waals surface area contributed by atoms with E-state index in [2.05, 4.69) is 26.3 Å². The zero-order valence-corrected chi connectivity index (χ0v) is 11.7. The molecule has 0 amide bonds. The Bertz CT molecular complexity index is 525. The van der Waals surface area contributed by atoms with Crippen LogP contribution in [0.5, 0.6) is 0 Å². The van der Waals surface area contributed by atoms with Gasteiger partial charge in [0.25, 0.3) is 0 Å². The minimum Gasteiger partial charge on any atom is -0.312 e. The van der Waals surface area contributed by atoms with Gasteiger partial charge in [-0.25, -0.2) is 4.39 Å². The van der Waals surface area contributed by atoms with Crippen molar-refractivity contribution in [2.45, 2.75) is 13.0 Å². The van der Waals surface area contributed by atoms with Crippen LogP contribution in [-0.4, -0.2) is 16.3 Å². The van der Waals surface area contributed by atoms with E-state index in [4.69, 9.17) is 0 Å². The lowest BCUT2D eigenvalue weighted by atomic mass is 10.2. The van der Waals surface area contributed by atoms with E-state index in [1.165, 1.54) is 11.8 Å². The lowest BCUT2D eigenvalue weighted by Crippen LogP contribution is -2.18. The van der Waals surface area contributed by atoms with Crippen LogP contribution >= 0.6 is 15.9 Å². The lowest BCUT2D eigenvalue weighted by molar-refractivity contribution is 0.583. The molecule has 0 spiro atoms. The predicted molar refractivity (Wildman–Crippen MR) is 72.7 cm³/mol. The smallest absolute Gasteiger partial charge is 0.128 e. The molecule has 0 atom stereocenters. The minimum atomic E-state index is -0.183. The summed E-state index contributed by atoms with van der Waals surface area (Å²) in [6, 6.07) is 7.11. The number of nitrogens with one attached hydrogen (secondary N) is 1. The zero-order valence-electron chi connectivity index (χ0n) is 10.2. The van der Waals surface area contributed by atoms with Crippen LogP contribution in [0.4, 0.5) is 4.39 Å². The van der Waals surface area contributed by atoms with E-state index >= 15 is 0 Å². The maximum atomic E-state index is 13.5. The molecule has 0 radical (unpaired) electrons. The summed E-state index contributed by atoms with van der Waals surface area (Å²) in [6.07, 6.45) is 2.67. The molecule has 0 aliphatic heterocycles. The van der Waals surface area contributed by atoms with Crippen molar-refractivity contribution in [3.05, 3.63) is 52.0 Å². The van der Waals surface area contributed by atoms with Gasteiger partial charge in [0, 0.05) is 48.5 Å². The third-order valence-electron chi connectivity index (χ3n) is 2.81. The van der Waals surface area contributed by atoms with E-state index < -0.39 is 0 Å². The van der Waals surface area contributed by atoms with Crippen LogP contribution in [0.2, 0.25) is 0 Å². The topological polar surface area (TPSA) is 29.9 Å². The second-order valence-corrected chi connectivity index (χ2v) is 5.02. The molecule has 0 aliphatic carbocycles. The van der Waals surface area contributed by atoms with E-state index in [-0.39, 0.29) is 5.82 Å². The lowest BCUT2D eigenvalue weighted by Gasteiger charge is -2.06. The molecule has 2 rings (SSSR count). The number of aryl methyl sites for hydroxylation is 1. The Hall–Kier alpha value is -1.20. The first kappa shape index (κ1) is 13.2. The predicted octanol–water partition coefficient (Wildman–Crippen LogP) is 2.65. The Labute approximate surface area is 114 Å². The molecule has 0 fully saturated rings. The molecule has 1 N–H and O–H groups in total. The van der Waals surface area contributed by atoms with Gasteiger partial charge in [-0.15, -0.1) is 0 Å².